The van der Waals surface area contributed by atoms with Crippen LogP contribution in [-0.4, -0.2) is 24.0 Å². The van der Waals surface area contributed by atoms with Gasteiger partial charge < -0.3 is 9.47 Å². The van der Waals surface area contributed by atoms with Crippen molar-refractivity contribution in [3.05, 3.63) is 29.1 Å². The Kier molecular flexibility index (Phi) is 3.36. The van der Waals surface area contributed by atoms with Gasteiger partial charge in [-0.25, -0.2) is 0 Å². The lowest BCUT2D eigenvalue weighted by Crippen LogP contribution is -2.16. The van der Waals surface area contributed by atoms with Crippen molar-refractivity contribution in [2.75, 3.05) is 13.2 Å². The zero-order chi connectivity index (χ0) is 13.3. The van der Waals surface area contributed by atoms with E-state index in [0.717, 1.165) is 12.3 Å². The number of aromatic nitrogens is 1. The molecule has 18 heavy (non-hydrogen) atoms. The number of ether oxygens (including phenoxy) is 2. The molecule has 2 rings (SSSR count). The van der Waals surface area contributed by atoms with Gasteiger partial charge in [0.05, 0.1) is 18.8 Å². The summed E-state index contributed by atoms with van der Waals surface area (Å²) in [4.78, 5) is 14.7. The van der Waals surface area contributed by atoms with Crippen molar-refractivity contribution < 1.29 is 27.4 Å². The van der Waals surface area contributed by atoms with Crippen molar-refractivity contribution in [1.82, 2.24) is 4.98 Å². The van der Waals surface area contributed by atoms with Crippen LogP contribution >= 0.6 is 0 Å². The molecule has 1 aliphatic heterocycles. The van der Waals surface area contributed by atoms with Crippen molar-refractivity contribution in [3.8, 4) is 0 Å². The van der Waals surface area contributed by atoms with E-state index in [1.807, 2.05) is 0 Å². The summed E-state index contributed by atoms with van der Waals surface area (Å²) in [6.07, 6.45) is -4.64. The normalized spacial score (nSPS) is 17.1. The monoisotopic (exact) mass is 261 g/mol. The molecule has 7 heteroatoms. The van der Waals surface area contributed by atoms with E-state index in [-0.39, 0.29) is 24.5 Å². The Morgan fingerprint density at radius 2 is 2.00 bits per heavy atom. The molecular weight excluding hydrogens is 251 g/mol. The number of hydrogen-bond acceptors (Lipinski definition) is 4. The van der Waals surface area contributed by atoms with E-state index >= 15 is 0 Å². The molecule has 0 radical (unpaired) electrons. The lowest BCUT2D eigenvalue weighted by atomic mass is 10.1. The zero-order valence-corrected chi connectivity index (χ0v) is 9.45. The fraction of sp³-hybridized carbons (Fsp3) is 0.455. The van der Waals surface area contributed by atoms with Crippen LogP contribution in [0.5, 0.6) is 0 Å². The smallest absolute Gasteiger partial charge is 0.345 e. The van der Waals surface area contributed by atoms with Gasteiger partial charge in [0, 0.05) is 11.8 Å². The Labute approximate surface area is 101 Å². The standard InChI is InChI=1S/C11H10F3NO3/c1-6(16)7-4-8(11(12,13)14)9(15-5-7)10-17-2-3-18-10/h4-5,10H,2-3H2,1H3. The van der Waals surface area contributed by atoms with E-state index in [1.165, 1.54) is 6.92 Å². The van der Waals surface area contributed by atoms with Gasteiger partial charge in [0.25, 0.3) is 0 Å². The first-order valence-electron chi connectivity index (χ1n) is 5.21. The van der Waals surface area contributed by atoms with Gasteiger partial charge in [-0.1, -0.05) is 0 Å². The number of halogens is 3. The summed E-state index contributed by atoms with van der Waals surface area (Å²) in [6, 6.07) is 0.774. The van der Waals surface area contributed by atoms with Crippen LogP contribution in [0.1, 0.15) is 34.8 Å². The van der Waals surface area contributed by atoms with Gasteiger partial charge in [-0.2, -0.15) is 13.2 Å². The van der Waals surface area contributed by atoms with E-state index in [0.29, 0.717) is 0 Å². The van der Waals surface area contributed by atoms with E-state index in [2.05, 4.69) is 4.98 Å². The fourth-order valence-electron chi connectivity index (χ4n) is 1.60. The van der Waals surface area contributed by atoms with E-state index in [4.69, 9.17) is 9.47 Å². The first-order valence-corrected chi connectivity index (χ1v) is 5.21. The third kappa shape index (κ3) is 2.51. The minimum Gasteiger partial charge on any atom is -0.345 e. The number of hydrogen-bond donors (Lipinski definition) is 0. The van der Waals surface area contributed by atoms with Crippen molar-refractivity contribution >= 4 is 5.78 Å². The van der Waals surface area contributed by atoms with Crippen LogP contribution in [0.15, 0.2) is 12.3 Å². The molecule has 0 amide bonds. The lowest BCUT2D eigenvalue weighted by Gasteiger charge is -2.16. The fourth-order valence-corrected chi connectivity index (χ4v) is 1.60. The molecule has 2 heterocycles. The summed E-state index contributed by atoms with van der Waals surface area (Å²) in [7, 11) is 0. The van der Waals surface area contributed by atoms with Crippen LogP contribution in [0.4, 0.5) is 13.2 Å². The number of carbonyl (C=O) groups is 1. The molecule has 0 bridgehead atoms. The van der Waals surface area contributed by atoms with Gasteiger partial charge >= 0.3 is 6.18 Å². The maximum atomic E-state index is 12.9. The molecule has 0 aliphatic carbocycles. The van der Waals surface area contributed by atoms with E-state index < -0.39 is 23.8 Å². The van der Waals surface area contributed by atoms with Crippen molar-refractivity contribution in [1.29, 1.82) is 0 Å². The maximum Gasteiger partial charge on any atom is 0.418 e. The Morgan fingerprint density at radius 3 is 2.50 bits per heavy atom. The summed E-state index contributed by atoms with van der Waals surface area (Å²) in [5.74, 6) is -0.479. The summed E-state index contributed by atoms with van der Waals surface area (Å²) >= 11 is 0. The molecular formula is C11H10F3NO3. The van der Waals surface area contributed by atoms with Crippen molar-refractivity contribution in [2.24, 2.45) is 0 Å². The lowest BCUT2D eigenvalue weighted by molar-refractivity contribution is -0.143. The first kappa shape index (κ1) is 13.0. The second-order valence-electron chi connectivity index (χ2n) is 3.78. The highest BCUT2D eigenvalue weighted by Gasteiger charge is 2.38. The Morgan fingerprint density at radius 1 is 1.39 bits per heavy atom. The van der Waals surface area contributed by atoms with Gasteiger partial charge in [0.1, 0.15) is 5.69 Å². The SMILES string of the molecule is CC(=O)c1cnc(C2OCCO2)c(C(F)(F)F)c1. The van der Waals surface area contributed by atoms with E-state index in [9.17, 15) is 18.0 Å². The molecule has 1 fully saturated rings. The third-order valence-corrected chi connectivity index (χ3v) is 2.48. The van der Waals surface area contributed by atoms with Crippen molar-refractivity contribution in [2.45, 2.75) is 19.4 Å². The first-order chi connectivity index (χ1) is 8.39. The van der Waals surface area contributed by atoms with E-state index in [1.54, 1.807) is 0 Å². The summed E-state index contributed by atoms with van der Waals surface area (Å²) in [6.45, 7) is 1.62. The maximum absolute atomic E-state index is 12.9. The van der Waals surface area contributed by atoms with Crippen LogP contribution in [-0.2, 0) is 15.7 Å². The van der Waals surface area contributed by atoms with Gasteiger partial charge in [-0.3, -0.25) is 9.78 Å². The zero-order valence-electron chi connectivity index (χ0n) is 9.45. The molecule has 0 spiro atoms. The van der Waals surface area contributed by atoms with Crippen molar-refractivity contribution in [3.63, 3.8) is 0 Å². The minimum absolute atomic E-state index is 0.0935. The van der Waals surface area contributed by atoms with Crippen LogP contribution in [0.2, 0.25) is 0 Å². The number of nitrogens with zero attached hydrogens (tertiary/aromatic N) is 1. The quantitative estimate of drug-likeness (QED) is 0.767. The average Bonchev–Trinajstić information content (AvgIpc) is 2.80. The number of rotatable bonds is 2. The molecule has 0 atom stereocenters. The molecule has 0 unspecified atom stereocenters. The Hall–Kier alpha value is -1.47. The van der Waals surface area contributed by atoms with Gasteiger partial charge in [-0.15, -0.1) is 0 Å². The number of Topliss-reactive ketones (excluding diaryl/α,β-unsaturated/α-hetero) is 1. The molecule has 0 saturated carbocycles. The predicted octanol–water partition coefficient (Wildman–Crippen LogP) is 2.35. The summed E-state index contributed by atoms with van der Waals surface area (Å²) < 4.78 is 48.7. The molecule has 0 N–H and O–H groups in total. The summed E-state index contributed by atoms with van der Waals surface area (Å²) in [5.41, 5.74) is -1.43. The van der Waals surface area contributed by atoms with Gasteiger partial charge in [-0.05, 0) is 13.0 Å². The third-order valence-electron chi connectivity index (χ3n) is 2.48. The number of alkyl halides is 3. The molecule has 1 aromatic heterocycles. The van der Waals surface area contributed by atoms with Crippen LogP contribution < -0.4 is 0 Å². The molecule has 98 valence electrons. The highest BCUT2D eigenvalue weighted by atomic mass is 19.4. The highest BCUT2D eigenvalue weighted by molar-refractivity contribution is 5.93. The molecule has 4 nitrogen and oxygen atoms in total. The number of ketones is 1. The number of pyridine rings is 1. The van der Waals surface area contributed by atoms with Gasteiger partial charge in [0.2, 0.25) is 6.29 Å². The predicted molar refractivity (Wildman–Crippen MR) is 53.9 cm³/mol. The van der Waals surface area contributed by atoms with Gasteiger partial charge in [0.15, 0.2) is 5.78 Å². The topological polar surface area (TPSA) is 48.4 Å². The Balaban J connectivity index is 2.48. The number of carbonyl (C=O) groups excluding carboxylic acids is 1. The molecule has 0 aromatic carbocycles. The van der Waals surface area contributed by atoms with Crippen LogP contribution in [0.3, 0.4) is 0 Å². The highest BCUT2D eigenvalue weighted by Crippen LogP contribution is 2.36. The largest absolute Gasteiger partial charge is 0.418 e. The Bertz CT molecular complexity index is 467. The summed E-state index contributed by atoms with van der Waals surface area (Å²) in [5, 5.41) is 0. The molecule has 1 aliphatic rings. The average molecular weight is 261 g/mol. The molecule has 1 saturated heterocycles. The van der Waals surface area contributed by atoms with Crippen LogP contribution in [0, 0.1) is 0 Å². The second kappa shape index (κ2) is 4.66. The minimum atomic E-state index is -4.61. The molecule has 1 aromatic rings. The van der Waals surface area contributed by atoms with Crippen LogP contribution in [0.25, 0.3) is 0 Å². The second-order valence-corrected chi connectivity index (χ2v) is 3.78.